The van der Waals surface area contributed by atoms with Gasteiger partial charge in [-0.15, -0.1) is 12.4 Å². The number of rotatable bonds is 4. The Bertz CT molecular complexity index is 560. The summed E-state index contributed by atoms with van der Waals surface area (Å²) in [6.45, 7) is 8.85. The van der Waals surface area contributed by atoms with Gasteiger partial charge in [-0.3, -0.25) is 9.59 Å². The average molecular weight is 354 g/mol. The van der Waals surface area contributed by atoms with Gasteiger partial charge in [0.15, 0.2) is 0 Å². The molecule has 6 heteroatoms. The Morgan fingerprint density at radius 1 is 1.29 bits per heavy atom. The summed E-state index contributed by atoms with van der Waals surface area (Å²) in [4.78, 5) is 28.1. The first kappa shape index (κ1) is 20.5. The van der Waals surface area contributed by atoms with Crippen LogP contribution in [0.25, 0.3) is 0 Å². The van der Waals surface area contributed by atoms with E-state index < -0.39 is 0 Å². The maximum absolute atomic E-state index is 12.6. The Kier molecular flexibility index (Phi) is 7.70. The van der Waals surface area contributed by atoms with Gasteiger partial charge in [-0.2, -0.15) is 0 Å². The highest BCUT2D eigenvalue weighted by Gasteiger charge is 2.23. The monoisotopic (exact) mass is 353 g/mol. The summed E-state index contributed by atoms with van der Waals surface area (Å²) in [5.41, 5.74) is 1.74. The minimum atomic E-state index is -0.00458. The van der Waals surface area contributed by atoms with Gasteiger partial charge in [0.25, 0.3) is 5.91 Å². The molecule has 0 bridgehead atoms. The first-order valence-corrected chi connectivity index (χ1v) is 8.25. The van der Waals surface area contributed by atoms with Gasteiger partial charge < -0.3 is 15.1 Å². The number of amides is 2. The third-order valence-electron chi connectivity index (χ3n) is 4.25. The highest BCUT2D eigenvalue weighted by molar-refractivity contribution is 5.94. The maximum atomic E-state index is 12.6. The van der Waals surface area contributed by atoms with Crippen LogP contribution in [0.4, 0.5) is 0 Å². The van der Waals surface area contributed by atoms with Gasteiger partial charge in [-0.05, 0) is 24.6 Å². The van der Waals surface area contributed by atoms with E-state index in [0.717, 1.165) is 25.2 Å². The molecule has 0 aliphatic carbocycles. The molecule has 1 aliphatic heterocycles. The number of nitrogens with one attached hydrogen (secondary N) is 1. The second kappa shape index (κ2) is 9.04. The van der Waals surface area contributed by atoms with Crippen molar-refractivity contribution in [1.82, 2.24) is 15.1 Å². The van der Waals surface area contributed by atoms with Gasteiger partial charge in [-0.1, -0.05) is 26.0 Å². The molecular formula is C18H28ClN3O2. The van der Waals surface area contributed by atoms with Crippen LogP contribution in [0.3, 0.4) is 0 Å². The number of piperazine rings is 1. The molecule has 1 aromatic carbocycles. The van der Waals surface area contributed by atoms with E-state index in [1.807, 2.05) is 50.1 Å². The lowest BCUT2D eigenvalue weighted by molar-refractivity contribution is -0.133. The lowest BCUT2D eigenvalue weighted by Crippen LogP contribution is -2.52. The zero-order chi connectivity index (χ0) is 17.0. The summed E-state index contributed by atoms with van der Waals surface area (Å²) in [6.07, 6.45) is 0. The van der Waals surface area contributed by atoms with Gasteiger partial charge in [0.1, 0.15) is 0 Å². The van der Waals surface area contributed by atoms with E-state index in [2.05, 4.69) is 12.2 Å². The predicted octanol–water partition coefficient (Wildman–Crippen LogP) is 2.16. The molecule has 0 spiro atoms. The quantitative estimate of drug-likeness (QED) is 0.902. The number of halogens is 1. The van der Waals surface area contributed by atoms with E-state index in [1.54, 1.807) is 4.90 Å². The fourth-order valence-corrected chi connectivity index (χ4v) is 2.85. The summed E-state index contributed by atoms with van der Waals surface area (Å²) in [7, 11) is 1.81. The van der Waals surface area contributed by atoms with E-state index in [-0.39, 0.29) is 36.2 Å². The predicted molar refractivity (Wildman–Crippen MR) is 98.4 cm³/mol. The van der Waals surface area contributed by atoms with Gasteiger partial charge in [-0.25, -0.2) is 0 Å². The molecule has 5 nitrogen and oxygen atoms in total. The summed E-state index contributed by atoms with van der Waals surface area (Å²) in [5.74, 6) is 0.201. The Morgan fingerprint density at radius 3 is 2.46 bits per heavy atom. The molecule has 0 saturated carbocycles. The third-order valence-corrected chi connectivity index (χ3v) is 4.25. The second-order valence-corrected chi connectivity index (χ2v) is 6.60. The number of hydrogen-bond acceptors (Lipinski definition) is 3. The fraction of sp³-hybridized carbons (Fsp3) is 0.556. The SMILES string of the molecule is CC(C)C(=O)N(C)Cc1ccc(C(=O)N2CCNCC2C)cc1.Cl. The van der Waals surface area contributed by atoms with Crippen molar-refractivity contribution in [3.63, 3.8) is 0 Å². The molecule has 134 valence electrons. The molecule has 2 amide bonds. The molecule has 0 aromatic heterocycles. The summed E-state index contributed by atoms with van der Waals surface area (Å²) < 4.78 is 0. The van der Waals surface area contributed by atoms with E-state index in [1.165, 1.54) is 0 Å². The van der Waals surface area contributed by atoms with Crippen LogP contribution in [0.15, 0.2) is 24.3 Å². The van der Waals surface area contributed by atoms with E-state index in [0.29, 0.717) is 12.1 Å². The third kappa shape index (κ3) is 4.95. The van der Waals surface area contributed by atoms with Crippen LogP contribution in [-0.2, 0) is 11.3 Å². The fourth-order valence-electron chi connectivity index (χ4n) is 2.85. The minimum absolute atomic E-state index is 0. The number of benzene rings is 1. The van der Waals surface area contributed by atoms with Crippen LogP contribution in [0.1, 0.15) is 36.7 Å². The van der Waals surface area contributed by atoms with Crippen molar-refractivity contribution in [2.75, 3.05) is 26.7 Å². The van der Waals surface area contributed by atoms with Crippen molar-refractivity contribution >= 4 is 24.2 Å². The van der Waals surface area contributed by atoms with Crippen molar-refractivity contribution in [2.24, 2.45) is 5.92 Å². The van der Waals surface area contributed by atoms with Crippen molar-refractivity contribution in [1.29, 1.82) is 0 Å². The van der Waals surface area contributed by atoms with Crippen LogP contribution in [0.5, 0.6) is 0 Å². The first-order valence-electron chi connectivity index (χ1n) is 8.25. The molecule has 1 aromatic rings. The van der Waals surface area contributed by atoms with Gasteiger partial charge in [0.2, 0.25) is 5.91 Å². The van der Waals surface area contributed by atoms with Crippen molar-refractivity contribution in [3.05, 3.63) is 35.4 Å². The second-order valence-electron chi connectivity index (χ2n) is 6.60. The Morgan fingerprint density at radius 2 is 1.92 bits per heavy atom. The zero-order valence-corrected chi connectivity index (χ0v) is 15.7. The standard InChI is InChI=1S/C18H27N3O2.ClH/c1-13(2)17(22)20(4)12-15-5-7-16(8-6-15)18(23)21-10-9-19-11-14(21)3;/h5-8,13-14,19H,9-12H2,1-4H3;1H. The lowest BCUT2D eigenvalue weighted by Gasteiger charge is -2.34. The Hall–Kier alpha value is -1.59. The van der Waals surface area contributed by atoms with Crippen LogP contribution in [-0.4, -0.2) is 54.3 Å². The molecule has 1 fully saturated rings. The highest BCUT2D eigenvalue weighted by Crippen LogP contribution is 2.13. The molecule has 1 saturated heterocycles. The van der Waals surface area contributed by atoms with Gasteiger partial charge in [0.05, 0.1) is 0 Å². The maximum Gasteiger partial charge on any atom is 0.254 e. The summed E-state index contributed by atoms with van der Waals surface area (Å²) >= 11 is 0. The molecule has 24 heavy (non-hydrogen) atoms. The molecule has 1 atom stereocenters. The lowest BCUT2D eigenvalue weighted by atomic mass is 10.1. The normalized spacial score (nSPS) is 17.4. The van der Waals surface area contributed by atoms with E-state index in [4.69, 9.17) is 0 Å². The molecule has 0 radical (unpaired) electrons. The molecule has 2 rings (SSSR count). The largest absolute Gasteiger partial charge is 0.341 e. The molecule has 1 aliphatic rings. The number of nitrogens with zero attached hydrogens (tertiary/aromatic N) is 2. The van der Waals surface area contributed by atoms with Crippen molar-refractivity contribution < 1.29 is 9.59 Å². The van der Waals surface area contributed by atoms with Crippen LogP contribution in [0.2, 0.25) is 0 Å². The molecule has 1 N–H and O–H groups in total. The average Bonchev–Trinajstić information content (AvgIpc) is 2.54. The van der Waals surface area contributed by atoms with E-state index in [9.17, 15) is 9.59 Å². The van der Waals surface area contributed by atoms with Crippen LogP contribution < -0.4 is 5.32 Å². The topological polar surface area (TPSA) is 52.7 Å². The number of hydrogen-bond donors (Lipinski definition) is 1. The summed E-state index contributed by atoms with van der Waals surface area (Å²) in [5, 5.41) is 3.29. The Labute approximate surface area is 150 Å². The molecule has 1 heterocycles. The highest BCUT2D eigenvalue weighted by atomic mass is 35.5. The van der Waals surface area contributed by atoms with Crippen molar-refractivity contribution in [3.8, 4) is 0 Å². The number of carbonyl (C=O) groups excluding carboxylic acids is 2. The zero-order valence-electron chi connectivity index (χ0n) is 14.9. The molecular weight excluding hydrogens is 326 g/mol. The number of carbonyl (C=O) groups is 2. The molecule has 1 unspecified atom stereocenters. The smallest absolute Gasteiger partial charge is 0.254 e. The first-order chi connectivity index (χ1) is 10.9. The van der Waals surface area contributed by atoms with Crippen LogP contribution >= 0.6 is 12.4 Å². The van der Waals surface area contributed by atoms with Crippen LogP contribution in [0, 0.1) is 5.92 Å². The van der Waals surface area contributed by atoms with Crippen molar-refractivity contribution in [2.45, 2.75) is 33.4 Å². The van der Waals surface area contributed by atoms with Gasteiger partial charge in [0, 0.05) is 50.7 Å². The van der Waals surface area contributed by atoms with E-state index >= 15 is 0 Å². The summed E-state index contributed by atoms with van der Waals surface area (Å²) in [6, 6.07) is 7.81. The Balaban J connectivity index is 0.00000288. The minimum Gasteiger partial charge on any atom is -0.341 e. The van der Waals surface area contributed by atoms with Gasteiger partial charge >= 0.3 is 0 Å².